The SMILES string of the molecule is CCC(C)C(C)NC(=S)NCC(C)C. The van der Waals surface area contributed by atoms with Crippen molar-refractivity contribution in [3.05, 3.63) is 0 Å². The van der Waals surface area contributed by atoms with Gasteiger partial charge in [-0.05, 0) is 31.0 Å². The maximum atomic E-state index is 5.19. The van der Waals surface area contributed by atoms with Crippen LogP contribution >= 0.6 is 12.2 Å². The first-order valence-electron chi connectivity index (χ1n) is 5.51. The number of rotatable bonds is 5. The summed E-state index contributed by atoms with van der Waals surface area (Å²) in [5.41, 5.74) is 0. The van der Waals surface area contributed by atoms with E-state index in [-0.39, 0.29) is 0 Å². The molecule has 0 aromatic rings. The molecular weight excluding hydrogens is 192 g/mol. The molecule has 0 rings (SSSR count). The minimum atomic E-state index is 0.451. The Hall–Kier alpha value is -0.310. The molecule has 14 heavy (non-hydrogen) atoms. The Morgan fingerprint density at radius 2 is 1.79 bits per heavy atom. The summed E-state index contributed by atoms with van der Waals surface area (Å²) < 4.78 is 0. The molecule has 84 valence electrons. The minimum Gasteiger partial charge on any atom is -0.362 e. The van der Waals surface area contributed by atoms with Crippen LogP contribution < -0.4 is 10.6 Å². The van der Waals surface area contributed by atoms with Crippen molar-refractivity contribution in [3.63, 3.8) is 0 Å². The lowest BCUT2D eigenvalue weighted by atomic mass is 10.0. The van der Waals surface area contributed by atoms with Gasteiger partial charge in [-0.2, -0.15) is 0 Å². The average Bonchev–Trinajstić information content (AvgIpc) is 2.13. The summed E-state index contributed by atoms with van der Waals surface area (Å²) in [6.07, 6.45) is 1.18. The zero-order chi connectivity index (χ0) is 11.1. The number of hydrogen-bond acceptors (Lipinski definition) is 1. The molecule has 0 aliphatic rings. The van der Waals surface area contributed by atoms with E-state index in [4.69, 9.17) is 12.2 Å². The molecule has 0 bridgehead atoms. The predicted octanol–water partition coefficient (Wildman–Crippen LogP) is 2.54. The third-order valence-electron chi connectivity index (χ3n) is 2.53. The van der Waals surface area contributed by atoms with Gasteiger partial charge in [-0.15, -0.1) is 0 Å². The van der Waals surface area contributed by atoms with Gasteiger partial charge >= 0.3 is 0 Å². The molecule has 0 aromatic carbocycles. The Labute approximate surface area is 93.8 Å². The highest BCUT2D eigenvalue weighted by atomic mass is 32.1. The van der Waals surface area contributed by atoms with Gasteiger partial charge in [0, 0.05) is 12.6 Å². The van der Waals surface area contributed by atoms with E-state index in [0.717, 1.165) is 11.7 Å². The third-order valence-corrected chi connectivity index (χ3v) is 2.79. The lowest BCUT2D eigenvalue weighted by Crippen LogP contribution is -2.44. The van der Waals surface area contributed by atoms with Crippen LogP contribution in [0.25, 0.3) is 0 Å². The molecule has 2 nitrogen and oxygen atoms in total. The van der Waals surface area contributed by atoms with Crippen molar-refractivity contribution in [1.82, 2.24) is 10.6 Å². The molecule has 0 saturated carbocycles. The van der Waals surface area contributed by atoms with E-state index in [1.54, 1.807) is 0 Å². The van der Waals surface area contributed by atoms with E-state index in [1.807, 2.05) is 0 Å². The first kappa shape index (κ1) is 13.7. The molecule has 0 fully saturated rings. The summed E-state index contributed by atoms with van der Waals surface area (Å²) in [6, 6.07) is 0.451. The Kier molecular flexibility index (Phi) is 6.89. The van der Waals surface area contributed by atoms with Gasteiger partial charge in [-0.1, -0.05) is 34.1 Å². The van der Waals surface area contributed by atoms with Gasteiger partial charge in [0.15, 0.2) is 5.11 Å². The molecule has 0 saturated heterocycles. The summed E-state index contributed by atoms with van der Waals surface area (Å²) in [7, 11) is 0. The average molecular weight is 216 g/mol. The van der Waals surface area contributed by atoms with Crippen molar-refractivity contribution in [1.29, 1.82) is 0 Å². The van der Waals surface area contributed by atoms with Crippen LogP contribution in [0.1, 0.15) is 41.0 Å². The fourth-order valence-corrected chi connectivity index (χ4v) is 1.32. The van der Waals surface area contributed by atoms with Crippen molar-refractivity contribution in [2.45, 2.75) is 47.1 Å². The zero-order valence-corrected chi connectivity index (χ0v) is 10.9. The summed E-state index contributed by atoms with van der Waals surface area (Å²) >= 11 is 5.19. The molecule has 2 N–H and O–H groups in total. The van der Waals surface area contributed by atoms with Crippen LogP contribution in [-0.2, 0) is 0 Å². The second-order valence-corrected chi connectivity index (χ2v) is 4.83. The van der Waals surface area contributed by atoms with Crippen molar-refractivity contribution in [2.24, 2.45) is 11.8 Å². The highest BCUT2D eigenvalue weighted by Gasteiger charge is 2.10. The predicted molar refractivity (Wildman–Crippen MR) is 67.5 cm³/mol. The number of thiocarbonyl (C=S) groups is 1. The van der Waals surface area contributed by atoms with E-state index in [2.05, 4.69) is 45.3 Å². The van der Waals surface area contributed by atoms with Crippen LogP contribution in [0.15, 0.2) is 0 Å². The highest BCUT2D eigenvalue weighted by molar-refractivity contribution is 7.80. The van der Waals surface area contributed by atoms with Crippen LogP contribution in [0.5, 0.6) is 0 Å². The Morgan fingerprint density at radius 3 is 2.21 bits per heavy atom. The maximum Gasteiger partial charge on any atom is 0.166 e. The van der Waals surface area contributed by atoms with Crippen molar-refractivity contribution in [2.75, 3.05) is 6.54 Å². The lowest BCUT2D eigenvalue weighted by molar-refractivity contribution is 0.434. The zero-order valence-electron chi connectivity index (χ0n) is 10.1. The normalized spacial score (nSPS) is 15.0. The Morgan fingerprint density at radius 1 is 1.21 bits per heavy atom. The highest BCUT2D eigenvalue weighted by Crippen LogP contribution is 2.06. The van der Waals surface area contributed by atoms with Crippen LogP contribution in [0, 0.1) is 11.8 Å². The molecule has 0 amide bonds. The van der Waals surface area contributed by atoms with Gasteiger partial charge in [-0.3, -0.25) is 0 Å². The van der Waals surface area contributed by atoms with Crippen LogP contribution in [-0.4, -0.2) is 17.7 Å². The maximum absolute atomic E-state index is 5.19. The largest absolute Gasteiger partial charge is 0.362 e. The molecule has 0 aliphatic heterocycles. The second kappa shape index (κ2) is 7.04. The fourth-order valence-electron chi connectivity index (χ4n) is 1.05. The van der Waals surface area contributed by atoms with E-state index < -0.39 is 0 Å². The van der Waals surface area contributed by atoms with Gasteiger partial charge in [-0.25, -0.2) is 0 Å². The molecule has 0 heterocycles. The lowest BCUT2D eigenvalue weighted by Gasteiger charge is -2.22. The Balaban J connectivity index is 3.71. The number of nitrogens with one attached hydrogen (secondary N) is 2. The van der Waals surface area contributed by atoms with Crippen molar-refractivity contribution < 1.29 is 0 Å². The first-order chi connectivity index (χ1) is 6.47. The van der Waals surface area contributed by atoms with Crippen LogP contribution in [0.3, 0.4) is 0 Å². The van der Waals surface area contributed by atoms with Crippen molar-refractivity contribution >= 4 is 17.3 Å². The standard InChI is InChI=1S/C11H24N2S/c1-6-9(4)10(5)13-11(14)12-7-8(2)3/h8-10H,6-7H2,1-5H3,(H2,12,13,14). The molecule has 0 spiro atoms. The molecular formula is C11H24N2S. The van der Waals surface area contributed by atoms with Gasteiger partial charge in [0.05, 0.1) is 0 Å². The summed E-state index contributed by atoms with van der Waals surface area (Å²) in [5.74, 6) is 1.29. The first-order valence-corrected chi connectivity index (χ1v) is 5.92. The van der Waals surface area contributed by atoms with E-state index >= 15 is 0 Å². The van der Waals surface area contributed by atoms with E-state index in [1.165, 1.54) is 6.42 Å². The van der Waals surface area contributed by atoms with Gasteiger partial charge in [0.2, 0.25) is 0 Å². The minimum absolute atomic E-state index is 0.451. The second-order valence-electron chi connectivity index (χ2n) is 4.42. The van der Waals surface area contributed by atoms with Gasteiger partial charge < -0.3 is 10.6 Å². The van der Waals surface area contributed by atoms with E-state index in [9.17, 15) is 0 Å². The van der Waals surface area contributed by atoms with Crippen LogP contribution in [0.4, 0.5) is 0 Å². The third kappa shape index (κ3) is 6.19. The monoisotopic (exact) mass is 216 g/mol. The van der Waals surface area contributed by atoms with Gasteiger partial charge in [0.25, 0.3) is 0 Å². The summed E-state index contributed by atoms with van der Waals surface area (Å²) in [4.78, 5) is 0. The van der Waals surface area contributed by atoms with Crippen molar-refractivity contribution in [3.8, 4) is 0 Å². The molecule has 0 radical (unpaired) electrons. The topological polar surface area (TPSA) is 24.1 Å². The smallest absolute Gasteiger partial charge is 0.166 e. The number of hydrogen-bond donors (Lipinski definition) is 2. The molecule has 2 unspecified atom stereocenters. The van der Waals surface area contributed by atoms with Crippen LogP contribution in [0.2, 0.25) is 0 Å². The van der Waals surface area contributed by atoms with Gasteiger partial charge in [0.1, 0.15) is 0 Å². The Bertz CT molecular complexity index is 169. The molecule has 0 aliphatic carbocycles. The quantitative estimate of drug-likeness (QED) is 0.691. The molecule has 3 heteroatoms. The molecule has 2 atom stereocenters. The summed E-state index contributed by atoms with van der Waals surface area (Å²) in [6.45, 7) is 11.9. The molecule has 0 aromatic heterocycles. The van der Waals surface area contributed by atoms with E-state index in [0.29, 0.717) is 17.9 Å². The fraction of sp³-hybridized carbons (Fsp3) is 0.909. The summed E-state index contributed by atoms with van der Waals surface area (Å²) in [5, 5.41) is 7.30.